The minimum atomic E-state index is -0.235. The van der Waals surface area contributed by atoms with Crippen molar-refractivity contribution in [1.29, 1.82) is 0 Å². The van der Waals surface area contributed by atoms with Crippen LogP contribution in [0, 0.1) is 5.82 Å². The van der Waals surface area contributed by atoms with Crippen molar-refractivity contribution in [2.75, 3.05) is 5.73 Å². The molecule has 0 aliphatic heterocycles. The Kier molecular flexibility index (Phi) is 2.18. The van der Waals surface area contributed by atoms with Gasteiger partial charge in [-0.25, -0.2) is 9.37 Å². The van der Waals surface area contributed by atoms with Gasteiger partial charge in [0, 0.05) is 0 Å². The Morgan fingerprint density at radius 1 is 1.43 bits per heavy atom. The highest BCUT2D eigenvalue weighted by Gasteiger charge is 1.99. The molecule has 1 heterocycles. The number of aromatic nitrogens is 2. The molecule has 2 aromatic rings. The van der Waals surface area contributed by atoms with E-state index in [4.69, 9.17) is 5.73 Å². The van der Waals surface area contributed by atoms with E-state index in [2.05, 4.69) is 4.98 Å². The number of nitrogens with two attached hydrogens (primary N) is 1. The van der Waals surface area contributed by atoms with E-state index >= 15 is 0 Å². The number of hydrogen-bond acceptors (Lipinski definition) is 2. The molecule has 14 heavy (non-hydrogen) atoms. The van der Waals surface area contributed by atoms with Gasteiger partial charge in [-0.3, -0.25) is 0 Å². The second-order valence-corrected chi connectivity index (χ2v) is 3.08. The van der Waals surface area contributed by atoms with E-state index in [0.717, 1.165) is 5.56 Å². The lowest BCUT2D eigenvalue weighted by Crippen LogP contribution is -2.02. The summed E-state index contributed by atoms with van der Waals surface area (Å²) in [5, 5.41) is 0. The monoisotopic (exact) mass is 191 g/mol. The Bertz CT molecular complexity index is 436. The molecule has 0 aliphatic rings. The highest BCUT2D eigenvalue weighted by atomic mass is 19.1. The summed E-state index contributed by atoms with van der Waals surface area (Å²) in [6, 6.07) is 6.43. The summed E-state index contributed by atoms with van der Waals surface area (Å²) < 4.78 is 14.6. The zero-order chi connectivity index (χ0) is 9.97. The number of imidazole rings is 1. The average molecular weight is 191 g/mol. The standard InChI is InChI=1S/C10H10FN3/c11-9-3-1-2-8(4-9)6-14-7-13-5-10(14)12/h1-5,7H,6,12H2. The van der Waals surface area contributed by atoms with E-state index in [1.54, 1.807) is 23.2 Å². The molecule has 0 unspecified atom stereocenters. The summed E-state index contributed by atoms with van der Waals surface area (Å²) in [5.74, 6) is 0.343. The van der Waals surface area contributed by atoms with Crippen LogP contribution in [0.3, 0.4) is 0 Å². The van der Waals surface area contributed by atoms with Crippen LogP contribution in [0.15, 0.2) is 36.8 Å². The largest absolute Gasteiger partial charge is 0.384 e. The zero-order valence-corrected chi connectivity index (χ0v) is 7.52. The first-order chi connectivity index (χ1) is 6.75. The van der Waals surface area contributed by atoms with Gasteiger partial charge in [0.2, 0.25) is 0 Å². The van der Waals surface area contributed by atoms with Crippen LogP contribution in [-0.2, 0) is 6.54 Å². The Morgan fingerprint density at radius 3 is 2.93 bits per heavy atom. The predicted molar refractivity (Wildman–Crippen MR) is 52.1 cm³/mol. The van der Waals surface area contributed by atoms with Crippen molar-refractivity contribution in [3.8, 4) is 0 Å². The molecule has 2 N–H and O–H groups in total. The first kappa shape index (κ1) is 8.74. The highest BCUT2D eigenvalue weighted by molar-refractivity contribution is 5.27. The van der Waals surface area contributed by atoms with Gasteiger partial charge in [0.25, 0.3) is 0 Å². The molecule has 72 valence electrons. The Morgan fingerprint density at radius 2 is 2.29 bits per heavy atom. The van der Waals surface area contributed by atoms with Gasteiger partial charge in [-0.05, 0) is 17.7 Å². The maximum absolute atomic E-state index is 12.8. The number of benzene rings is 1. The van der Waals surface area contributed by atoms with E-state index in [1.165, 1.54) is 12.1 Å². The van der Waals surface area contributed by atoms with E-state index in [-0.39, 0.29) is 5.82 Å². The van der Waals surface area contributed by atoms with Gasteiger partial charge in [-0.2, -0.15) is 0 Å². The molecule has 0 fully saturated rings. The van der Waals surface area contributed by atoms with E-state index in [0.29, 0.717) is 12.4 Å². The molecule has 0 amide bonds. The van der Waals surface area contributed by atoms with Crippen LogP contribution in [0.2, 0.25) is 0 Å². The van der Waals surface area contributed by atoms with Gasteiger partial charge in [0.1, 0.15) is 11.6 Å². The maximum atomic E-state index is 12.8. The molecule has 1 aromatic heterocycles. The molecule has 0 saturated carbocycles. The average Bonchev–Trinajstić information content (AvgIpc) is 2.52. The van der Waals surface area contributed by atoms with Crippen molar-refractivity contribution in [2.45, 2.75) is 6.54 Å². The Hall–Kier alpha value is -1.84. The fourth-order valence-electron chi connectivity index (χ4n) is 1.30. The lowest BCUT2D eigenvalue weighted by atomic mass is 10.2. The van der Waals surface area contributed by atoms with Crippen molar-refractivity contribution in [2.24, 2.45) is 0 Å². The highest BCUT2D eigenvalue weighted by Crippen LogP contribution is 2.08. The minimum Gasteiger partial charge on any atom is -0.384 e. The van der Waals surface area contributed by atoms with Crippen LogP contribution < -0.4 is 5.73 Å². The van der Waals surface area contributed by atoms with Gasteiger partial charge >= 0.3 is 0 Å². The van der Waals surface area contributed by atoms with Crippen LogP contribution >= 0.6 is 0 Å². The second kappa shape index (κ2) is 3.49. The van der Waals surface area contributed by atoms with E-state index in [9.17, 15) is 4.39 Å². The Labute approximate surface area is 81.0 Å². The summed E-state index contributed by atoms with van der Waals surface area (Å²) in [6.07, 6.45) is 3.19. The molecule has 2 rings (SSSR count). The smallest absolute Gasteiger partial charge is 0.123 e. The Balaban J connectivity index is 2.23. The number of halogens is 1. The maximum Gasteiger partial charge on any atom is 0.123 e. The fraction of sp³-hybridized carbons (Fsp3) is 0.100. The van der Waals surface area contributed by atoms with Gasteiger partial charge < -0.3 is 10.3 Å². The second-order valence-electron chi connectivity index (χ2n) is 3.08. The molecule has 4 heteroatoms. The van der Waals surface area contributed by atoms with Gasteiger partial charge in [0.15, 0.2) is 0 Å². The topological polar surface area (TPSA) is 43.8 Å². The first-order valence-electron chi connectivity index (χ1n) is 4.26. The number of anilines is 1. The van der Waals surface area contributed by atoms with Crippen molar-refractivity contribution in [3.05, 3.63) is 48.2 Å². The molecule has 0 bridgehead atoms. The third kappa shape index (κ3) is 1.74. The molecular weight excluding hydrogens is 181 g/mol. The van der Waals surface area contributed by atoms with Crippen LogP contribution in [0.25, 0.3) is 0 Å². The zero-order valence-electron chi connectivity index (χ0n) is 7.52. The van der Waals surface area contributed by atoms with Gasteiger partial charge in [-0.15, -0.1) is 0 Å². The van der Waals surface area contributed by atoms with Gasteiger partial charge in [0.05, 0.1) is 19.1 Å². The van der Waals surface area contributed by atoms with E-state index < -0.39 is 0 Å². The molecule has 0 saturated heterocycles. The molecule has 0 spiro atoms. The number of nitrogen functional groups attached to an aromatic ring is 1. The van der Waals surface area contributed by atoms with Crippen molar-refractivity contribution < 1.29 is 4.39 Å². The minimum absolute atomic E-state index is 0.235. The van der Waals surface area contributed by atoms with Gasteiger partial charge in [-0.1, -0.05) is 12.1 Å². The van der Waals surface area contributed by atoms with Crippen LogP contribution in [0.5, 0.6) is 0 Å². The number of hydrogen-bond donors (Lipinski definition) is 1. The molecule has 1 aromatic carbocycles. The lowest BCUT2D eigenvalue weighted by molar-refractivity contribution is 0.623. The third-order valence-corrected chi connectivity index (χ3v) is 1.99. The summed E-state index contributed by atoms with van der Waals surface area (Å²) in [7, 11) is 0. The summed E-state index contributed by atoms with van der Waals surface area (Å²) in [4.78, 5) is 3.88. The normalized spacial score (nSPS) is 10.4. The van der Waals surface area contributed by atoms with Crippen molar-refractivity contribution in [3.63, 3.8) is 0 Å². The van der Waals surface area contributed by atoms with E-state index in [1.807, 2.05) is 6.07 Å². The molecule has 3 nitrogen and oxygen atoms in total. The van der Waals surface area contributed by atoms with Crippen LogP contribution in [0.4, 0.5) is 10.2 Å². The fourth-order valence-corrected chi connectivity index (χ4v) is 1.30. The summed E-state index contributed by atoms with van der Waals surface area (Å²) >= 11 is 0. The predicted octanol–water partition coefficient (Wildman–Crippen LogP) is 1.65. The number of nitrogens with zero attached hydrogens (tertiary/aromatic N) is 2. The summed E-state index contributed by atoms with van der Waals surface area (Å²) in [6.45, 7) is 0.545. The third-order valence-electron chi connectivity index (χ3n) is 1.99. The quantitative estimate of drug-likeness (QED) is 0.784. The molecule has 0 atom stereocenters. The lowest BCUT2D eigenvalue weighted by Gasteiger charge is -2.04. The van der Waals surface area contributed by atoms with Crippen molar-refractivity contribution >= 4 is 5.82 Å². The molecule has 0 radical (unpaired) electrons. The van der Waals surface area contributed by atoms with Crippen molar-refractivity contribution in [1.82, 2.24) is 9.55 Å². The molecule has 0 aliphatic carbocycles. The van der Waals surface area contributed by atoms with Crippen LogP contribution in [-0.4, -0.2) is 9.55 Å². The number of rotatable bonds is 2. The molecular formula is C10H10FN3. The summed E-state index contributed by atoms with van der Waals surface area (Å²) in [5.41, 5.74) is 6.50. The van der Waals surface area contributed by atoms with Crippen LogP contribution in [0.1, 0.15) is 5.56 Å². The first-order valence-corrected chi connectivity index (χ1v) is 4.26. The SMILES string of the molecule is Nc1cncn1Cc1cccc(F)c1.